The van der Waals surface area contributed by atoms with Gasteiger partial charge in [-0.1, -0.05) is 37.6 Å². The van der Waals surface area contributed by atoms with Gasteiger partial charge in [-0.15, -0.1) is 12.6 Å². The number of nitrogens with zero attached hydrogens (tertiary/aromatic N) is 1. The van der Waals surface area contributed by atoms with Crippen LogP contribution in [0.5, 0.6) is 0 Å². The molecule has 3 rings (SSSR count). The van der Waals surface area contributed by atoms with Crippen molar-refractivity contribution < 1.29 is 0 Å². The zero-order valence-corrected chi connectivity index (χ0v) is 21.6. The van der Waals surface area contributed by atoms with Crippen LogP contribution < -0.4 is 10.6 Å². The molecular formula is C26H41N5S. The van der Waals surface area contributed by atoms with E-state index in [1.807, 2.05) is 45.2 Å². The minimum atomic E-state index is 0.238. The summed E-state index contributed by atoms with van der Waals surface area (Å²) >= 11 is 4.15. The van der Waals surface area contributed by atoms with Gasteiger partial charge < -0.3 is 16.0 Å². The van der Waals surface area contributed by atoms with Crippen LogP contribution in [0.15, 0.2) is 53.2 Å². The van der Waals surface area contributed by atoms with Crippen molar-refractivity contribution in [3.05, 3.63) is 58.8 Å². The van der Waals surface area contributed by atoms with Crippen LogP contribution in [0, 0.1) is 11.3 Å². The van der Waals surface area contributed by atoms with Crippen molar-refractivity contribution in [3.63, 3.8) is 0 Å². The molecule has 0 amide bonds. The van der Waals surface area contributed by atoms with Gasteiger partial charge in [-0.3, -0.25) is 5.10 Å². The predicted molar refractivity (Wildman–Crippen MR) is 144 cm³/mol. The highest BCUT2D eigenvalue weighted by Gasteiger charge is 2.29. The minimum Gasteiger partial charge on any atom is -0.384 e. The van der Waals surface area contributed by atoms with Crippen molar-refractivity contribution in [2.24, 2.45) is 5.92 Å². The number of thiol groups is 1. The summed E-state index contributed by atoms with van der Waals surface area (Å²) in [5.74, 6) is 0.627. The first-order valence-corrected chi connectivity index (χ1v) is 11.8. The molecule has 0 bridgehead atoms. The molecule has 0 spiro atoms. The van der Waals surface area contributed by atoms with Gasteiger partial charge in [0.2, 0.25) is 0 Å². The first kappa shape index (κ1) is 27.7. The fourth-order valence-corrected chi connectivity index (χ4v) is 3.75. The molecule has 1 atom stereocenters. The van der Waals surface area contributed by atoms with Crippen molar-refractivity contribution in [3.8, 4) is 11.1 Å². The number of hydrogen-bond acceptors (Lipinski definition) is 5. The van der Waals surface area contributed by atoms with Crippen molar-refractivity contribution >= 4 is 24.5 Å². The quantitative estimate of drug-likeness (QED) is 0.191. The number of aromatic nitrogens is 2. The van der Waals surface area contributed by atoms with E-state index in [2.05, 4.69) is 73.3 Å². The Morgan fingerprint density at radius 1 is 1.28 bits per heavy atom. The third kappa shape index (κ3) is 9.45. The normalized spacial score (nSPS) is 16.8. The SMILES string of the molecule is C/C=C(/S)C=C(C)C.CC.CC1(C)CC(CNc2ccc(-c3cn[nH]c3)cc2C=N)CN1. The first-order chi connectivity index (χ1) is 15.2. The van der Waals surface area contributed by atoms with Crippen LogP contribution in [0.1, 0.15) is 60.5 Å². The zero-order valence-electron chi connectivity index (χ0n) is 20.7. The number of H-pyrrole nitrogens is 1. The summed E-state index contributed by atoms with van der Waals surface area (Å²) in [6, 6.07) is 6.14. The third-order valence-electron chi connectivity index (χ3n) is 5.02. The van der Waals surface area contributed by atoms with Crippen LogP contribution in [0.2, 0.25) is 0 Å². The Kier molecular flexibility index (Phi) is 12.1. The van der Waals surface area contributed by atoms with Crippen LogP contribution in [0.4, 0.5) is 5.69 Å². The number of hydrogen-bond donors (Lipinski definition) is 5. The predicted octanol–water partition coefficient (Wildman–Crippen LogP) is 6.69. The minimum absolute atomic E-state index is 0.238. The van der Waals surface area contributed by atoms with Gasteiger partial charge in [-0.2, -0.15) is 5.10 Å². The Hall–Kier alpha value is -2.31. The van der Waals surface area contributed by atoms with Crippen molar-refractivity contribution in [1.29, 1.82) is 5.41 Å². The molecule has 6 heteroatoms. The highest BCUT2D eigenvalue weighted by atomic mass is 32.1. The molecule has 32 heavy (non-hydrogen) atoms. The summed E-state index contributed by atoms with van der Waals surface area (Å²) in [6.45, 7) is 16.6. The lowest BCUT2D eigenvalue weighted by Crippen LogP contribution is -2.31. The lowest BCUT2D eigenvalue weighted by Gasteiger charge is -2.18. The second-order valence-corrected chi connectivity index (χ2v) is 9.10. The standard InChI is InChI=1S/C17H23N5.C7H12S.C2H6/c1-17(2)6-12(9-20-17)8-19-16-4-3-13(5-14(16)7-18)15-10-21-22-11-15;1-4-7(8)5-6(2)3;1-2/h3-5,7,10-12,18-20H,6,8-9H2,1-2H3,(H,21,22);4-5,8H,1-3H3;1-2H3/b;7-4+;. The highest BCUT2D eigenvalue weighted by molar-refractivity contribution is 7.84. The highest BCUT2D eigenvalue weighted by Crippen LogP contribution is 2.26. The van der Waals surface area contributed by atoms with E-state index in [0.717, 1.165) is 40.4 Å². The van der Waals surface area contributed by atoms with Gasteiger partial charge in [-0.25, -0.2) is 0 Å². The largest absolute Gasteiger partial charge is 0.384 e. The zero-order chi connectivity index (χ0) is 24.1. The van der Waals surface area contributed by atoms with Gasteiger partial charge in [0.05, 0.1) is 6.20 Å². The molecule has 1 fully saturated rings. The summed E-state index contributed by atoms with van der Waals surface area (Å²) in [5, 5.41) is 21.5. The molecule has 1 aromatic carbocycles. The molecule has 1 aliphatic heterocycles. The van der Waals surface area contributed by atoms with Gasteiger partial charge in [-0.05, 0) is 69.6 Å². The third-order valence-corrected chi connectivity index (χ3v) is 5.41. The monoisotopic (exact) mass is 455 g/mol. The maximum atomic E-state index is 7.66. The van der Waals surface area contributed by atoms with Gasteiger partial charge in [0.25, 0.3) is 0 Å². The first-order valence-electron chi connectivity index (χ1n) is 11.4. The molecular weight excluding hydrogens is 414 g/mol. The summed E-state index contributed by atoms with van der Waals surface area (Å²) in [4.78, 5) is 1.03. The number of rotatable bonds is 6. The Balaban J connectivity index is 0.000000436. The van der Waals surface area contributed by atoms with E-state index in [1.165, 1.54) is 18.2 Å². The maximum Gasteiger partial charge on any atom is 0.0565 e. The van der Waals surface area contributed by atoms with Gasteiger partial charge >= 0.3 is 0 Å². The number of anilines is 1. The van der Waals surface area contributed by atoms with Crippen LogP contribution >= 0.6 is 12.6 Å². The van der Waals surface area contributed by atoms with E-state index in [1.54, 1.807) is 6.20 Å². The second kappa shape index (κ2) is 14.0. The van der Waals surface area contributed by atoms with Crippen LogP contribution in [-0.2, 0) is 0 Å². The molecule has 1 saturated heterocycles. The van der Waals surface area contributed by atoms with Crippen LogP contribution in [0.3, 0.4) is 0 Å². The van der Waals surface area contributed by atoms with Gasteiger partial charge in [0.15, 0.2) is 0 Å². The Labute approximate surface area is 200 Å². The molecule has 0 radical (unpaired) electrons. The molecule has 5 nitrogen and oxygen atoms in total. The second-order valence-electron chi connectivity index (χ2n) is 8.58. The molecule has 176 valence electrons. The lowest BCUT2D eigenvalue weighted by molar-refractivity contribution is 0.445. The van der Waals surface area contributed by atoms with Crippen molar-refractivity contribution in [2.45, 2.75) is 60.4 Å². The van der Waals surface area contributed by atoms with E-state index in [-0.39, 0.29) is 5.54 Å². The summed E-state index contributed by atoms with van der Waals surface area (Å²) < 4.78 is 0. The van der Waals surface area contributed by atoms with Gasteiger partial charge in [0.1, 0.15) is 0 Å². The van der Waals surface area contributed by atoms with E-state index in [0.29, 0.717) is 5.92 Å². The molecule has 2 heterocycles. The van der Waals surface area contributed by atoms with Crippen molar-refractivity contribution in [2.75, 3.05) is 18.4 Å². The number of benzene rings is 1. The topological polar surface area (TPSA) is 76.6 Å². The maximum absolute atomic E-state index is 7.66. The average molecular weight is 456 g/mol. The van der Waals surface area contributed by atoms with E-state index in [4.69, 9.17) is 5.41 Å². The Morgan fingerprint density at radius 2 is 2.00 bits per heavy atom. The smallest absolute Gasteiger partial charge is 0.0565 e. The Morgan fingerprint density at radius 3 is 2.47 bits per heavy atom. The van der Waals surface area contributed by atoms with E-state index >= 15 is 0 Å². The molecule has 1 aromatic heterocycles. The summed E-state index contributed by atoms with van der Waals surface area (Å²) in [6.07, 6.45) is 10.2. The summed E-state index contributed by atoms with van der Waals surface area (Å²) in [7, 11) is 0. The number of nitrogens with one attached hydrogen (secondary N) is 4. The average Bonchev–Trinajstić information content (AvgIpc) is 3.43. The molecule has 0 saturated carbocycles. The molecule has 2 aromatic rings. The lowest BCUT2D eigenvalue weighted by atomic mass is 9.97. The van der Waals surface area contributed by atoms with E-state index < -0.39 is 0 Å². The molecule has 1 unspecified atom stereocenters. The number of aromatic amines is 1. The molecule has 1 aliphatic rings. The van der Waals surface area contributed by atoms with Crippen molar-refractivity contribution in [1.82, 2.24) is 15.5 Å². The Bertz CT molecular complexity index is 878. The fourth-order valence-electron chi connectivity index (χ4n) is 3.50. The molecule has 0 aliphatic carbocycles. The van der Waals surface area contributed by atoms with E-state index in [9.17, 15) is 0 Å². The molecule has 4 N–H and O–H groups in total. The van der Waals surface area contributed by atoms with Crippen LogP contribution in [0.25, 0.3) is 11.1 Å². The fraction of sp³-hybridized carbons (Fsp3) is 0.462. The summed E-state index contributed by atoms with van der Waals surface area (Å²) in [5.41, 5.74) is 5.56. The van der Waals surface area contributed by atoms with Crippen LogP contribution in [-0.4, -0.2) is 35.0 Å². The van der Waals surface area contributed by atoms with Gasteiger partial charge in [0, 0.05) is 47.9 Å². The number of allylic oxidation sites excluding steroid dienone is 3.